The minimum absolute atomic E-state index is 1.11. The molecule has 1 nitrogen and oxygen atoms in total. The lowest BCUT2D eigenvalue weighted by Crippen LogP contribution is -2.09. The Morgan fingerprint density at radius 3 is 1.25 bits per heavy atom. The quantitative estimate of drug-likeness (QED) is 0.150. The first kappa shape index (κ1) is 33.8. The number of benzene rings is 8. The SMILES string of the molecule is C1=CCCC(c2ccc3sc4ccc(-c5ccc(-c6ccc(N(c7ccccc7)c7ccc(-c8ccc(-c9ccccc9)cc8)cc7)cc6)cc5)cc4c3c2)=C1. The van der Waals surface area contributed by atoms with Crippen LogP contribution >= 0.6 is 11.3 Å². The average molecular weight is 734 g/mol. The monoisotopic (exact) mass is 733 g/mol. The molecular weight excluding hydrogens is 695 g/mol. The molecule has 10 rings (SSSR count). The molecule has 266 valence electrons. The summed E-state index contributed by atoms with van der Waals surface area (Å²) in [6.45, 7) is 0. The summed E-state index contributed by atoms with van der Waals surface area (Å²) in [7, 11) is 0. The Labute approximate surface area is 332 Å². The Morgan fingerprint density at radius 2 is 0.750 bits per heavy atom. The standard InChI is InChI=1S/C54H39NS/c1-4-10-38(11-5-1)40-16-18-41(19-17-40)43-24-30-49(31-25-43)55(48-14-8-3-9-15-48)50-32-26-44(27-33-50)42-20-22-45(23-21-42)47-29-35-54-52(37-47)51-36-46(28-34-53(51)56-54)39-12-6-2-7-13-39/h1-6,8-12,14-37H,7,13H2. The third-order valence-electron chi connectivity index (χ3n) is 11.0. The fourth-order valence-electron chi connectivity index (χ4n) is 7.97. The van der Waals surface area contributed by atoms with Gasteiger partial charge < -0.3 is 4.90 Å². The number of allylic oxidation sites excluding steroid dienone is 4. The summed E-state index contributed by atoms with van der Waals surface area (Å²) in [6, 6.07) is 70.8. The van der Waals surface area contributed by atoms with Gasteiger partial charge in [0.1, 0.15) is 0 Å². The van der Waals surface area contributed by atoms with Crippen molar-refractivity contribution in [1.29, 1.82) is 0 Å². The van der Waals surface area contributed by atoms with E-state index in [-0.39, 0.29) is 0 Å². The number of hydrogen-bond acceptors (Lipinski definition) is 2. The van der Waals surface area contributed by atoms with Gasteiger partial charge >= 0.3 is 0 Å². The zero-order chi connectivity index (χ0) is 37.3. The molecule has 8 aromatic carbocycles. The molecule has 2 heteroatoms. The van der Waals surface area contributed by atoms with E-state index in [1.54, 1.807) is 0 Å². The Kier molecular flexibility index (Phi) is 8.95. The third kappa shape index (κ3) is 6.66. The van der Waals surface area contributed by atoms with Gasteiger partial charge in [-0.05, 0) is 129 Å². The molecule has 0 bridgehead atoms. The fraction of sp³-hybridized carbons (Fsp3) is 0.0370. The second kappa shape index (κ2) is 14.8. The highest BCUT2D eigenvalue weighted by atomic mass is 32.1. The van der Waals surface area contributed by atoms with E-state index in [4.69, 9.17) is 0 Å². The summed E-state index contributed by atoms with van der Waals surface area (Å²) in [5.41, 5.74) is 15.9. The number of nitrogens with zero attached hydrogens (tertiary/aromatic N) is 1. The smallest absolute Gasteiger partial charge is 0.0462 e. The molecule has 9 aromatic rings. The number of para-hydroxylation sites is 1. The maximum atomic E-state index is 2.40. The van der Waals surface area contributed by atoms with Gasteiger partial charge in [-0.25, -0.2) is 0 Å². The van der Waals surface area contributed by atoms with Gasteiger partial charge in [0, 0.05) is 37.2 Å². The van der Waals surface area contributed by atoms with Crippen LogP contribution in [0.25, 0.3) is 70.3 Å². The van der Waals surface area contributed by atoms with Gasteiger partial charge in [-0.15, -0.1) is 11.3 Å². The van der Waals surface area contributed by atoms with Crippen molar-refractivity contribution in [1.82, 2.24) is 0 Å². The molecule has 1 heterocycles. The predicted octanol–water partition coefficient (Wildman–Crippen LogP) is 15.9. The lowest BCUT2D eigenvalue weighted by Gasteiger charge is -2.26. The van der Waals surface area contributed by atoms with Gasteiger partial charge in [-0.2, -0.15) is 0 Å². The highest BCUT2D eigenvalue weighted by Gasteiger charge is 2.14. The largest absolute Gasteiger partial charge is 0.311 e. The van der Waals surface area contributed by atoms with E-state index in [0.29, 0.717) is 0 Å². The first-order chi connectivity index (χ1) is 27.7. The lowest BCUT2D eigenvalue weighted by atomic mass is 9.95. The highest BCUT2D eigenvalue weighted by molar-refractivity contribution is 7.25. The van der Waals surface area contributed by atoms with E-state index >= 15 is 0 Å². The van der Waals surface area contributed by atoms with Gasteiger partial charge in [0.25, 0.3) is 0 Å². The molecule has 0 unspecified atom stereocenters. The van der Waals surface area contributed by atoms with Crippen molar-refractivity contribution in [3.63, 3.8) is 0 Å². The normalized spacial score (nSPS) is 12.5. The molecule has 0 amide bonds. The van der Waals surface area contributed by atoms with Crippen LogP contribution in [0.3, 0.4) is 0 Å². The van der Waals surface area contributed by atoms with Crippen molar-refractivity contribution in [3.05, 3.63) is 218 Å². The molecule has 0 saturated heterocycles. The molecule has 1 aliphatic carbocycles. The van der Waals surface area contributed by atoms with Crippen molar-refractivity contribution in [3.8, 4) is 44.5 Å². The van der Waals surface area contributed by atoms with E-state index in [0.717, 1.165) is 29.9 Å². The molecule has 0 fully saturated rings. The number of hydrogen-bond donors (Lipinski definition) is 0. The highest BCUT2D eigenvalue weighted by Crippen LogP contribution is 2.40. The van der Waals surface area contributed by atoms with Crippen molar-refractivity contribution >= 4 is 54.1 Å². The van der Waals surface area contributed by atoms with E-state index in [2.05, 4.69) is 217 Å². The topological polar surface area (TPSA) is 3.24 Å². The van der Waals surface area contributed by atoms with Crippen LogP contribution in [0.5, 0.6) is 0 Å². The van der Waals surface area contributed by atoms with Gasteiger partial charge in [0.15, 0.2) is 0 Å². The Hall–Kier alpha value is -6.74. The summed E-state index contributed by atoms with van der Waals surface area (Å²) >= 11 is 1.88. The van der Waals surface area contributed by atoms with Crippen LogP contribution in [0.1, 0.15) is 18.4 Å². The van der Waals surface area contributed by atoms with Crippen molar-refractivity contribution in [2.75, 3.05) is 4.90 Å². The zero-order valence-corrected chi connectivity index (χ0v) is 31.8. The molecule has 0 saturated carbocycles. The first-order valence-corrected chi connectivity index (χ1v) is 20.2. The zero-order valence-electron chi connectivity index (χ0n) is 31.0. The molecule has 0 radical (unpaired) electrons. The predicted molar refractivity (Wildman–Crippen MR) is 242 cm³/mol. The van der Waals surface area contributed by atoms with Gasteiger partial charge in [-0.3, -0.25) is 0 Å². The minimum atomic E-state index is 1.11. The second-order valence-corrected chi connectivity index (χ2v) is 15.6. The van der Waals surface area contributed by atoms with Crippen molar-refractivity contribution < 1.29 is 0 Å². The van der Waals surface area contributed by atoms with Gasteiger partial charge in [0.2, 0.25) is 0 Å². The molecule has 56 heavy (non-hydrogen) atoms. The van der Waals surface area contributed by atoms with E-state index in [9.17, 15) is 0 Å². The van der Waals surface area contributed by atoms with Crippen molar-refractivity contribution in [2.45, 2.75) is 12.8 Å². The molecule has 1 aliphatic rings. The van der Waals surface area contributed by atoms with Crippen molar-refractivity contribution in [2.24, 2.45) is 0 Å². The van der Waals surface area contributed by atoms with E-state index in [1.807, 2.05) is 11.3 Å². The van der Waals surface area contributed by atoms with Crippen LogP contribution in [0.4, 0.5) is 17.1 Å². The lowest BCUT2D eigenvalue weighted by molar-refractivity contribution is 1.05. The Bertz CT molecular complexity index is 2850. The molecule has 0 aliphatic heterocycles. The summed E-state index contributed by atoms with van der Waals surface area (Å²) in [6.07, 6.45) is 8.94. The number of fused-ring (bicyclic) bond motifs is 3. The van der Waals surface area contributed by atoms with Crippen LogP contribution in [0.15, 0.2) is 212 Å². The molecule has 1 aromatic heterocycles. The maximum absolute atomic E-state index is 2.40. The third-order valence-corrected chi connectivity index (χ3v) is 12.1. The number of rotatable bonds is 8. The summed E-state index contributed by atoms with van der Waals surface area (Å²) in [5.74, 6) is 0. The summed E-state index contributed by atoms with van der Waals surface area (Å²) in [5, 5.41) is 2.69. The van der Waals surface area contributed by atoms with Crippen LogP contribution in [-0.2, 0) is 0 Å². The maximum Gasteiger partial charge on any atom is 0.0462 e. The summed E-state index contributed by atoms with van der Waals surface area (Å²) < 4.78 is 2.68. The van der Waals surface area contributed by atoms with Gasteiger partial charge in [0.05, 0.1) is 0 Å². The molecule has 0 spiro atoms. The number of thiophene rings is 1. The Morgan fingerprint density at radius 1 is 0.357 bits per heavy atom. The van der Waals surface area contributed by atoms with Crippen LogP contribution in [0, 0.1) is 0 Å². The molecular formula is C54H39NS. The Balaban J connectivity index is 0.901. The summed E-state index contributed by atoms with van der Waals surface area (Å²) in [4.78, 5) is 2.32. The molecule has 0 N–H and O–H groups in total. The van der Waals surface area contributed by atoms with Crippen LogP contribution in [-0.4, -0.2) is 0 Å². The van der Waals surface area contributed by atoms with E-state index in [1.165, 1.54) is 75.8 Å². The van der Waals surface area contributed by atoms with Crippen LogP contribution < -0.4 is 4.90 Å². The second-order valence-electron chi connectivity index (χ2n) is 14.5. The number of anilines is 3. The first-order valence-electron chi connectivity index (χ1n) is 19.4. The average Bonchev–Trinajstić information content (AvgIpc) is 3.65. The molecule has 0 atom stereocenters. The van der Waals surface area contributed by atoms with E-state index < -0.39 is 0 Å². The minimum Gasteiger partial charge on any atom is -0.311 e. The van der Waals surface area contributed by atoms with Crippen LogP contribution in [0.2, 0.25) is 0 Å². The fourth-order valence-corrected chi connectivity index (χ4v) is 9.04. The van der Waals surface area contributed by atoms with Gasteiger partial charge in [-0.1, -0.05) is 152 Å².